The van der Waals surface area contributed by atoms with Crippen LogP contribution in [0.4, 0.5) is 0 Å². The molecule has 1 N–H and O–H groups in total. The molecule has 0 aliphatic rings. The molecule has 3 aromatic rings. The van der Waals surface area contributed by atoms with Crippen molar-refractivity contribution in [1.82, 2.24) is 5.32 Å². The number of nitrogens with one attached hydrogen (secondary N) is 1. The van der Waals surface area contributed by atoms with Gasteiger partial charge in [0.15, 0.2) is 11.5 Å². The maximum absolute atomic E-state index is 6.07. The highest BCUT2D eigenvalue weighted by Crippen LogP contribution is 2.34. The minimum atomic E-state index is 0.517. The third-order valence-corrected chi connectivity index (χ3v) is 5.38. The van der Waals surface area contributed by atoms with Crippen LogP contribution in [0.3, 0.4) is 0 Å². The van der Waals surface area contributed by atoms with Crippen LogP contribution >= 0.6 is 15.9 Å². The SMILES string of the molecule is CCOc1cc(CNCCc2ccccc2)c(Br)cc1OCc1cccc(C)c1. The summed E-state index contributed by atoms with van der Waals surface area (Å²) in [4.78, 5) is 0. The Balaban J connectivity index is 1.62. The maximum atomic E-state index is 6.07. The van der Waals surface area contributed by atoms with Crippen molar-refractivity contribution in [1.29, 1.82) is 0 Å². The predicted molar refractivity (Wildman–Crippen MR) is 123 cm³/mol. The monoisotopic (exact) mass is 453 g/mol. The molecule has 152 valence electrons. The van der Waals surface area contributed by atoms with Gasteiger partial charge in [-0.3, -0.25) is 0 Å². The van der Waals surface area contributed by atoms with Crippen LogP contribution < -0.4 is 14.8 Å². The molecule has 0 fully saturated rings. The first-order valence-electron chi connectivity index (χ1n) is 10.0. The van der Waals surface area contributed by atoms with Gasteiger partial charge in [-0.25, -0.2) is 0 Å². The van der Waals surface area contributed by atoms with E-state index in [4.69, 9.17) is 9.47 Å². The topological polar surface area (TPSA) is 30.5 Å². The second kappa shape index (κ2) is 11.0. The highest BCUT2D eigenvalue weighted by atomic mass is 79.9. The second-order valence-corrected chi connectivity index (χ2v) is 7.87. The molecule has 0 amide bonds. The molecule has 3 nitrogen and oxygen atoms in total. The zero-order valence-electron chi connectivity index (χ0n) is 17.1. The van der Waals surface area contributed by atoms with Crippen LogP contribution in [0.25, 0.3) is 0 Å². The van der Waals surface area contributed by atoms with Crippen LogP contribution in [0.2, 0.25) is 0 Å². The fourth-order valence-corrected chi connectivity index (χ4v) is 3.62. The summed E-state index contributed by atoms with van der Waals surface area (Å²) < 4.78 is 12.9. The highest BCUT2D eigenvalue weighted by Gasteiger charge is 2.11. The number of aryl methyl sites for hydroxylation is 1. The summed E-state index contributed by atoms with van der Waals surface area (Å²) in [7, 11) is 0. The Morgan fingerprint density at radius 3 is 2.38 bits per heavy atom. The molecule has 4 heteroatoms. The number of benzene rings is 3. The molecule has 0 bridgehead atoms. The van der Waals surface area contributed by atoms with E-state index in [2.05, 4.69) is 82.8 Å². The Kier molecular flexibility index (Phi) is 8.14. The van der Waals surface area contributed by atoms with Gasteiger partial charge in [0.25, 0.3) is 0 Å². The summed E-state index contributed by atoms with van der Waals surface area (Å²) in [5.41, 5.74) is 4.88. The van der Waals surface area contributed by atoms with Crippen molar-refractivity contribution in [3.63, 3.8) is 0 Å². The maximum Gasteiger partial charge on any atom is 0.162 e. The van der Waals surface area contributed by atoms with Gasteiger partial charge in [0.1, 0.15) is 6.61 Å². The molecule has 0 saturated heterocycles. The van der Waals surface area contributed by atoms with Crippen LogP contribution in [-0.4, -0.2) is 13.2 Å². The van der Waals surface area contributed by atoms with E-state index < -0.39 is 0 Å². The summed E-state index contributed by atoms with van der Waals surface area (Å²) in [6.45, 7) is 6.89. The summed E-state index contributed by atoms with van der Waals surface area (Å²) in [6, 6.07) is 23.0. The van der Waals surface area contributed by atoms with E-state index in [0.717, 1.165) is 46.6 Å². The van der Waals surface area contributed by atoms with Crippen molar-refractivity contribution in [3.8, 4) is 11.5 Å². The molecular weight excluding hydrogens is 426 g/mol. The fraction of sp³-hybridized carbons (Fsp3) is 0.280. The molecule has 0 aromatic heterocycles. The summed E-state index contributed by atoms with van der Waals surface area (Å²) in [5.74, 6) is 1.54. The minimum absolute atomic E-state index is 0.517. The van der Waals surface area contributed by atoms with Crippen LogP contribution in [0.15, 0.2) is 71.2 Å². The van der Waals surface area contributed by atoms with Gasteiger partial charge in [0, 0.05) is 11.0 Å². The van der Waals surface area contributed by atoms with E-state index in [1.165, 1.54) is 11.1 Å². The van der Waals surface area contributed by atoms with Crippen molar-refractivity contribution >= 4 is 15.9 Å². The first-order chi connectivity index (χ1) is 14.2. The normalized spacial score (nSPS) is 10.7. The van der Waals surface area contributed by atoms with Gasteiger partial charge >= 0.3 is 0 Å². The van der Waals surface area contributed by atoms with Gasteiger partial charge in [0.2, 0.25) is 0 Å². The standard InChI is InChI=1S/C25H28BrNO2/c1-3-28-24-15-22(17-27-13-12-20-9-5-4-6-10-20)23(26)16-25(24)29-18-21-11-7-8-19(2)14-21/h4-11,14-16,27H,3,12-13,17-18H2,1-2H3. The lowest BCUT2D eigenvalue weighted by atomic mass is 10.1. The van der Waals surface area contributed by atoms with Gasteiger partial charge in [0.05, 0.1) is 6.61 Å². The van der Waals surface area contributed by atoms with E-state index in [1.54, 1.807) is 0 Å². The van der Waals surface area contributed by atoms with Crippen LogP contribution in [0.1, 0.15) is 29.2 Å². The summed E-state index contributed by atoms with van der Waals surface area (Å²) >= 11 is 3.69. The Hall–Kier alpha value is -2.30. The molecule has 0 aliphatic heterocycles. The molecule has 3 rings (SSSR count). The van der Waals surface area contributed by atoms with Crippen molar-refractivity contribution in [3.05, 3.63) is 93.5 Å². The summed E-state index contributed by atoms with van der Waals surface area (Å²) in [5, 5.41) is 3.52. The molecule has 0 aliphatic carbocycles. The van der Waals surface area contributed by atoms with E-state index in [-0.39, 0.29) is 0 Å². The van der Waals surface area contributed by atoms with Crippen molar-refractivity contribution in [2.45, 2.75) is 33.4 Å². The lowest BCUT2D eigenvalue weighted by Gasteiger charge is -2.16. The molecule has 0 unspecified atom stereocenters. The van der Waals surface area contributed by atoms with Gasteiger partial charge in [-0.05, 0) is 55.6 Å². The molecular formula is C25H28BrNO2. The Morgan fingerprint density at radius 2 is 1.62 bits per heavy atom. The average Bonchev–Trinajstić information content (AvgIpc) is 2.73. The van der Waals surface area contributed by atoms with Crippen molar-refractivity contribution in [2.24, 2.45) is 0 Å². The van der Waals surface area contributed by atoms with Crippen molar-refractivity contribution in [2.75, 3.05) is 13.2 Å². The zero-order chi connectivity index (χ0) is 20.5. The smallest absolute Gasteiger partial charge is 0.162 e. The highest BCUT2D eigenvalue weighted by molar-refractivity contribution is 9.10. The zero-order valence-corrected chi connectivity index (χ0v) is 18.7. The quantitative estimate of drug-likeness (QED) is 0.378. The number of hydrogen-bond acceptors (Lipinski definition) is 3. The Labute approximate surface area is 182 Å². The molecule has 0 saturated carbocycles. The molecule has 0 spiro atoms. The molecule has 0 radical (unpaired) electrons. The van der Waals surface area contributed by atoms with E-state index in [0.29, 0.717) is 13.2 Å². The largest absolute Gasteiger partial charge is 0.490 e. The first-order valence-corrected chi connectivity index (χ1v) is 10.8. The van der Waals surface area contributed by atoms with Gasteiger partial charge in [-0.15, -0.1) is 0 Å². The van der Waals surface area contributed by atoms with E-state index >= 15 is 0 Å². The molecule has 29 heavy (non-hydrogen) atoms. The number of halogens is 1. The van der Waals surface area contributed by atoms with Gasteiger partial charge in [-0.1, -0.05) is 76.1 Å². The molecule has 0 atom stereocenters. The second-order valence-electron chi connectivity index (χ2n) is 7.01. The minimum Gasteiger partial charge on any atom is -0.490 e. The third kappa shape index (κ3) is 6.62. The van der Waals surface area contributed by atoms with Gasteiger partial charge in [-0.2, -0.15) is 0 Å². The molecule has 3 aromatic carbocycles. The predicted octanol–water partition coefficient (Wildman–Crippen LogP) is 6.07. The molecule has 0 heterocycles. The fourth-order valence-electron chi connectivity index (χ4n) is 3.16. The van der Waals surface area contributed by atoms with Crippen LogP contribution in [0.5, 0.6) is 11.5 Å². The van der Waals surface area contributed by atoms with Crippen molar-refractivity contribution < 1.29 is 9.47 Å². The van der Waals surface area contributed by atoms with Crippen LogP contribution in [-0.2, 0) is 19.6 Å². The average molecular weight is 454 g/mol. The third-order valence-electron chi connectivity index (χ3n) is 4.64. The lowest BCUT2D eigenvalue weighted by Crippen LogP contribution is -2.17. The number of hydrogen-bond donors (Lipinski definition) is 1. The van der Waals surface area contributed by atoms with E-state index in [1.807, 2.05) is 19.1 Å². The van der Waals surface area contributed by atoms with Crippen LogP contribution in [0, 0.1) is 6.92 Å². The van der Waals surface area contributed by atoms with Gasteiger partial charge < -0.3 is 14.8 Å². The first kappa shape index (κ1) is 21.4. The Bertz CT molecular complexity index is 912. The lowest BCUT2D eigenvalue weighted by molar-refractivity contribution is 0.269. The number of rotatable bonds is 10. The summed E-state index contributed by atoms with van der Waals surface area (Å²) in [6.07, 6.45) is 1.01. The van der Waals surface area contributed by atoms with E-state index in [9.17, 15) is 0 Å². The number of ether oxygens (including phenoxy) is 2. The Morgan fingerprint density at radius 1 is 0.862 bits per heavy atom.